The van der Waals surface area contributed by atoms with E-state index in [1.54, 1.807) is 24.7 Å². The molecular weight excluding hydrogens is 316 g/mol. The van der Waals surface area contributed by atoms with E-state index in [1.165, 1.54) is 0 Å². The van der Waals surface area contributed by atoms with Crippen molar-refractivity contribution >= 4 is 6.29 Å². The van der Waals surface area contributed by atoms with Gasteiger partial charge < -0.3 is 4.74 Å². The minimum Gasteiger partial charge on any atom is -0.472 e. The third-order valence-corrected chi connectivity index (χ3v) is 3.95. The predicted molar refractivity (Wildman–Crippen MR) is 94.5 cm³/mol. The van der Waals surface area contributed by atoms with Crippen LogP contribution < -0.4 is 4.74 Å². The van der Waals surface area contributed by atoms with E-state index in [9.17, 15) is 4.79 Å². The van der Waals surface area contributed by atoms with Crippen LogP contribution in [0.3, 0.4) is 0 Å². The Kier molecular flexibility index (Phi) is 4.88. The number of carbonyl (C=O) groups is 1. The van der Waals surface area contributed by atoms with E-state index >= 15 is 0 Å². The van der Waals surface area contributed by atoms with Crippen LogP contribution in [-0.2, 0) is 6.61 Å². The molecule has 0 unspecified atom stereocenters. The lowest BCUT2D eigenvalue weighted by Gasteiger charge is -2.14. The first-order valence-corrected chi connectivity index (χ1v) is 8.13. The van der Waals surface area contributed by atoms with Crippen molar-refractivity contribution < 1.29 is 9.53 Å². The molecule has 3 heterocycles. The molecule has 0 N–H and O–H groups in total. The fraction of sp³-hybridized carbons (Fsp3) is 0.263. The van der Waals surface area contributed by atoms with E-state index in [1.807, 2.05) is 29.8 Å². The molecule has 6 nitrogen and oxygen atoms in total. The number of rotatable bonds is 6. The molecule has 0 aromatic carbocycles. The highest BCUT2D eigenvalue weighted by Crippen LogP contribution is 2.25. The molecule has 6 heteroatoms. The number of hydrogen-bond acceptors (Lipinski definition) is 5. The Bertz CT molecular complexity index is 887. The van der Waals surface area contributed by atoms with E-state index < -0.39 is 0 Å². The van der Waals surface area contributed by atoms with Crippen molar-refractivity contribution in [3.63, 3.8) is 0 Å². The highest BCUT2D eigenvalue weighted by Gasteiger charge is 2.15. The first kappa shape index (κ1) is 16.8. The predicted octanol–water partition coefficient (Wildman–Crippen LogP) is 3.62. The summed E-state index contributed by atoms with van der Waals surface area (Å²) >= 11 is 0. The van der Waals surface area contributed by atoms with Gasteiger partial charge in [-0.2, -0.15) is 5.10 Å². The molecule has 0 saturated carbocycles. The van der Waals surface area contributed by atoms with Gasteiger partial charge in [0.15, 0.2) is 6.29 Å². The second kappa shape index (κ2) is 7.25. The lowest BCUT2D eigenvalue weighted by Crippen LogP contribution is -2.08. The van der Waals surface area contributed by atoms with Gasteiger partial charge in [-0.25, -0.2) is 4.98 Å². The van der Waals surface area contributed by atoms with Gasteiger partial charge in [0, 0.05) is 30.2 Å². The number of aldehydes is 1. The summed E-state index contributed by atoms with van der Waals surface area (Å²) in [6.07, 6.45) is 5.92. The normalized spacial score (nSPS) is 10.9. The molecule has 0 saturated heterocycles. The number of ether oxygens (including phenoxy) is 1. The van der Waals surface area contributed by atoms with E-state index in [-0.39, 0.29) is 12.6 Å². The van der Waals surface area contributed by atoms with Crippen molar-refractivity contribution in [2.75, 3.05) is 0 Å². The van der Waals surface area contributed by atoms with Crippen molar-refractivity contribution in [3.8, 4) is 17.3 Å². The Balaban J connectivity index is 1.91. The van der Waals surface area contributed by atoms with Crippen LogP contribution in [0.15, 0.2) is 42.9 Å². The van der Waals surface area contributed by atoms with Gasteiger partial charge in [0.25, 0.3) is 0 Å². The second-order valence-corrected chi connectivity index (χ2v) is 6.02. The molecule has 0 aliphatic carbocycles. The smallest absolute Gasteiger partial charge is 0.224 e. The Hall–Kier alpha value is -3.02. The summed E-state index contributed by atoms with van der Waals surface area (Å²) in [5.74, 6) is 0.335. The summed E-state index contributed by atoms with van der Waals surface area (Å²) < 4.78 is 7.75. The van der Waals surface area contributed by atoms with E-state index in [0.717, 1.165) is 28.8 Å². The Morgan fingerprint density at radius 3 is 2.76 bits per heavy atom. The molecule has 0 amide bonds. The largest absolute Gasteiger partial charge is 0.472 e. The fourth-order valence-electron chi connectivity index (χ4n) is 2.65. The topological polar surface area (TPSA) is 69.9 Å². The highest BCUT2D eigenvalue weighted by molar-refractivity contribution is 5.80. The number of carbonyl (C=O) groups excluding carboxylic acids is 1. The first-order chi connectivity index (χ1) is 12.1. The molecular formula is C19H20N4O2. The number of pyridine rings is 2. The first-order valence-electron chi connectivity index (χ1n) is 8.13. The van der Waals surface area contributed by atoms with E-state index in [0.29, 0.717) is 11.4 Å². The zero-order valence-corrected chi connectivity index (χ0v) is 14.5. The molecule has 0 fully saturated rings. The molecule has 0 bridgehead atoms. The number of nitrogens with zero attached hydrogens (tertiary/aromatic N) is 4. The minimum atomic E-state index is 0.223. The lowest BCUT2D eigenvalue weighted by molar-refractivity contribution is 0.111. The summed E-state index contributed by atoms with van der Waals surface area (Å²) in [6.45, 7) is 6.27. The van der Waals surface area contributed by atoms with E-state index in [2.05, 4.69) is 28.9 Å². The van der Waals surface area contributed by atoms with Crippen LogP contribution >= 0.6 is 0 Å². The summed E-state index contributed by atoms with van der Waals surface area (Å²) in [5.41, 5.74) is 3.96. The molecule has 3 aromatic rings. The zero-order chi connectivity index (χ0) is 17.8. The molecule has 25 heavy (non-hydrogen) atoms. The van der Waals surface area contributed by atoms with Gasteiger partial charge in [-0.3, -0.25) is 14.5 Å². The van der Waals surface area contributed by atoms with Crippen LogP contribution in [0, 0.1) is 6.92 Å². The molecule has 0 spiro atoms. The molecule has 3 rings (SSSR count). The van der Waals surface area contributed by atoms with Crippen LogP contribution in [0.5, 0.6) is 5.88 Å². The molecule has 0 radical (unpaired) electrons. The quantitative estimate of drug-likeness (QED) is 0.643. The average Bonchev–Trinajstić information content (AvgIpc) is 3.10. The van der Waals surface area contributed by atoms with Crippen molar-refractivity contribution in [3.05, 3.63) is 59.5 Å². The minimum absolute atomic E-state index is 0.223. The van der Waals surface area contributed by atoms with Crippen molar-refractivity contribution in [1.29, 1.82) is 0 Å². The van der Waals surface area contributed by atoms with Crippen LogP contribution in [-0.4, -0.2) is 26.0 Å². The van der Waals surface area contributed by atoms with Crippen LogP contribution in [0.1, 0.15) is 41.4 Å². The van der Waals surface area contributed by atoms with Gasteiger partial charge in [-0.15, -0.1) is 0 Å². The maximum Gasteiger partial charge on any atom is 0.224 e. The summed E-state index contributed by atoms with van der Waals surface area (Å²) in [5, 5.41) is 4.37. The van der Waals surface area contributed by atoms with Crippen LogP contribution in [0.25, 0.3) is 11.4 Å². The maximum absolute atomic E-state index is 11.3. The third kappa shape index (κ3) is 3.42. The highest BCUT2D eigenvalue weighted by atomic mass is 16.5. The standard InChI is InChI=1S/C19H20N4O2/c1-13(2)23-17(7-10-22-23)18-15(5-4-8-20-18)12-25-19-16(11-24)14(3)6-9-21-19/h4-11,13H,12H2,1-3H3. The number of aryl methyl sites for hydroxylation is 1. The van der Waals surface area contributed by atoms with Gasteiger partial charge in [0.05, 0.1) is 17.0 Å². The van der Waals surface area contributed by atoms with E-state index in [4.69, 9.17) is 4.74 Å². The zero-order valence-electron chi connectivity index (χ0n) is 14.5. The van der Waals surface area contributed by atoms with Gasteiger partial charge in [0.2, 0.25) is 5.88 Å². The number of aromatic nitrogens is 4. The van der Waals surface area contributed by atoms with Gasteiger partial charge >= 0.3 is 0 Å². The monoisotopic (exact) mass is 336 g/mol. The SMILES string of the molecule is Cc1ccnc(OCc2cccnc2-c2ccnn2C(C)C)c1C=O. The third-order valence-electron chi connectivity index (χ3n) is 3.95. The van der Waals surface area contributed by atoms with Gasteiger partial charge in [-0.05, 0) is 44.5 Å². The summed E-state index contributed by atoms with van der Waals surface area (Å²) in [6, 6.07) is 7.76. The van der Waals surface area contributed by atoms with Crippen molar-refractivity contribution in [1.82, 2.24) is 19.7 Å². The van der Waals surface area contributed by atoms with Crippen LogP contribution in [0.2, 0.25) is 0 Å². The second-order valence-electron chi connectivity index (χ2n) is 6.02. The Labute approximate surface area is 146 Å². The van der Waals surface area contributed by atoms with Gasteiger partial charge in [-0.1, -0.05) is 6.07 Å². The Morgan fingerprint density at radius 1 is 1.16 bits per heavy atom. The maximum atomic E-state index is 11.3. The molecule has 0 aliphatic rings. The molecule has 0 atom stereocenters. The summed E-state index contributed by atoms with van der Waals surface area (Å²) in [4.78, 5) is 20.0. The number of hydrogen-bond donors (Lipinski definition) is 0. The lowest BCUT2D eigenvalue weighted by atomic mass is 10.1. The molecule has 0 aliphatic heterocycles. The summed E-state index contributed by atoms with van der Waals surface area (Å²) in [7, 11) is 0. The molecule has 128 valence electrons. The van der Waals surface area contributed by atoms with Crippen LogP contribution in [0.4, 0.5) is 0 Å². The van der Waals surface area contributed by atoms with Crippen molar-refractivity contribution in [2.45, 2.75) is 33.4 Å². The molecule has 3 aromatic heterocycles. The van der Waals surface area contributed by atoms with Crippen molar-refractivity contribution in [2.24, 2.45) is 0 Å². The van der Waals surface area contributed by atoms with Gasteiger partial charge in [0.1, 0.15) is 6.61 Å². The fourth-order valence-corrected chi connectivity index (χ4v) is 2.65. The average molecular weight is 336 g/mol. The Morgan fingerprint density at radius 2 is 2.00 bits per heavy atom.